The molecule has 1 aliphatic rings. The Kier molecular flexibility index (Phi) is 6.36. The molecule has 1 atom stereocenters. The van der Waals surface area contributed by atoms with Crippen LogP contribution in [0.2, 0.25) is 6.32 Å². The van der Waals surface area contributed by atoms with Gasteiger partial charge in [-0.2, -0.15) is 0 Å². The van der Waals surface area contributed by atoms with E-state index in [1.54, 1.807) is 20.8 Å². The van der Waals surface area contributed by atoms with Crippen molar-refractivity contribution in [1.29, 1.82) is 0 Å². The maximum atomic E-state index is 12.1. The summed E-state index contributed by atoms with van der Waals surface area (Å²) in [5, 5.41) is 2.61. The molecule has 1 fully saturated rings. The molecule has 0 spiro atoms. The Morgan fingerprint density at radius 3 is 2.40 bits per heavy atom. The minimum absolute atomic E-state index is 0.0160. The smallest absolute Gasteiger partial charge is 0.408 e. The van der Waals surface area contributed by atoms with Crippen LogP contribution in [0.15, 0.2) is 0 Å². The topological polar surface area (TPSA) is 64.6 Å². The summed E-state index contributed by atoms with van der Waals surface area (Å²) in [5.74, 6) is -0.343. The lowest BCUT2D eigenvalue weighted by molar-refractivity contribution is -0.151. The van der Waals surface area contributed by atoms with Crippen LogP contribution in [0.25, 0.3) is 0 Å². The van der Waals surface area contributed by atoms with Crippen molar-refractivity contribution in [2.45, 2.75) is 76.9 Å². The minimum atomic E-state index is -0.615. The molecule has 1 rings (SSSR count). The van der Waals surface area contributed by atoms with E-state index in [1.165, 1.54) is 0 Å². The summed E-state index contributed by atoms with van der Waals surface area (Å²) in [7, 11) is 1.96. The summed E-state index contributed by atoms with van der Waals surface area (Å²) >= 11 is 0. The van der Waals surface area contributed by atoms with Gasteiger partial charge in [-0.05, 0) is 52.9 Å². The number of hydrogen-bond acceptors (Lipinski definition) is 4. The van der Waals surface area contributed by atoms with Gasteiger partial charge in [0.1, 0.15) is 25.6 Å². The van der Waals surface area contributed by atoms with Crippen LogP contribution < -0.4 is 5.32 Å². The third-order valence-electron chi connectivity index (χ3n) is 3.14. The van der Waals surface area contributed by atoms with Crippen LogP contribution in [0.1, 0.15) is 52.9 Å². The molecule has 1 saturated carbocycles. The summed E-state index contributed by atoms with van der Waals surface area (Å²) < 4.78 is 10.6. The van der Waals surface area contributed by atoms with E-state index in [0.29, 0.717) is 6.42 Å². The average molecular weight is 283 g/mol. The first-order chi connectivity index (χ1) is 9.31. The van der Waals surface area contributed by atoms with E-state index in [4.69, 9.17) is 9.47 Å². The lowest BCUT2D eigenvalue weighted by Crippen LogP contribution is -2.44. The van der Waals surface area contributed by atoms with E-state index in [9.17, 15) is 9.59 Å². The number of ether oxygens (including phenoxy) is 2. The molecule has 20 heavy (non-hydrogen) atoms. The Morgan fingerprint density at radius 2 is 1.90 bits per heavy atom. The monoisotopic (exact) mass is 283 g/mol. The fraction of sp³-hybridized carbons (Fsp3) is 0.857. The van der Waals surface area contributed by atoms with Gasteiger partial charge in [0.25, 0.3) is 0 Å². The summed E-state index contributed by atoms with van der Waals surface area (Å²) in [6.45, 7) is 5.37. The average Bonchev–Trinajstić information content (AvgIpc) is 2.78. The Labute approximate surface area is 122 Å². The highest BCUT2D eigenvalue weighted by Gasteiger charge is 2.27. The zero-order valence-electron chi connectivity index (χ0n) is 13.0. The Morgan fingerprint density at radius 1 is 1.30 bits per heavy atom. The van der Waals surface area contributed by atoms with Gasteiger partial charge < -0.3 is 14.8 Å². The molecular weight excluding hydrogens is 257 g/mol. The van der Waals surface area contributed by atoms with Gasteiger partial charge in [0.15, 0.2) is 0 Å². The van der Waals surface area contributed by atoms with Gasteiger partial charge >= 0.3 is 12.1 Å². The second kappa shape index (κ2) is 7.55. The Hall–Kier alpha value is -1.20. The first-order valence-electron chi connectivity index (χ1n) is 7.52. The number of carbonyl (C=O) groups is 2. The summed E-state index contributed by atoms with van der Waals surface area (Å²) in [4.78, 5) is 23.8. The third-order valence-corrected chi connectivity index (χ3v) is 3.14. The summed E-state index contributed by atoms with van der Waals surface area (Å²) in [6.07, 6.45) is 4.87. The highest BCUT2D eigenvalue weighted by Crippen LogP contribution is 2.21. The van der Waals surface area contributed by atoms with Crippen LogP contribution in [-0.2, 0) is 14.3 Å². The molecule has 1 N–H and O–H groups in total. The van der Waals surface area contributed by atoms with Gasteiger partial charge in [0.05, 0.1) is 0 Å². The maximum Gasteiger partial charge on any atom is 0.408 e. The Balaban J connectivity index is 2.49. The van der Waals surface area contributed by atoms with Gasteiger partial charge in [-0.25, -0.2) is 9.59 Å². The lowest BCUT2D eigenvalue weighted by Gasteiger charge is -2.23. The van der Waals surface area contributed by atoms with Crippen LogP contribution in [0.5, 0.6) is 0 Å². The zero-order chi connectivity index (χ0) is 15.2. The van der Waals surface area contributed by atoms with Crippen molar-refractivity contribution in [3.05, 3.63) is 0 Å². The quantitative estimate of drug-likeness (QED) is 0.617. The highest BCUT2D eigenvalue weighted by atomic mass is 16.6. The number of amides is 1. The zero-order valence-corrected chi connectivity index (χ0v) is 13.0. The summed E-state index contributed by atoms with van der Waals surface area (Å²) in [6, 6.07) is -0.615. The fourth-order valence-electron chi connectivity index (χ4n) is 2.24. The first kappa shape index (κ1) is 16.9. The third kappa shape index (κ3) is 6.30. The number of hydrogen-bond donors (Lipinski definition) is 1. The van der Waals surface area contributed by atoms with Crippen LogP contribution >= 0.6 is 0 Å². The molecule has 0 heterocycles. The van der Waals surface area contributed by atoms with E-state index in [2.05, 4.69) is 5.32 Å². The second-order valence-corrected chi connectivity index (χ2v) is 6.33. The SMILES string of the molecule is BCCC(NC(=O)OC(C)(C)C)C(=O)OC1CCCC1. The van der Waals surface area contributed by atoms with Gasteiger partial charge in [-0.1, -0.05) is 6.32 Å². The minimum Gasteiger partial charge on any atom is -0.461 e. The predicted molar refractivity (Wildman–Crippen MR) is 79.5 cm³/mol. The molecule has 0 radical (unpaired) electrons. The first-order valence-corrected chi connectivity index (χ1v) is 7.52. The Bertz CT molecular complexity index is 335. The molecule has 0 saturated heterocycles. The maximum absolute atomic E-state index is 12.1. The molecule has 0 aromatic rings. The van der Waals surface area contributed by atoms with E-state index in [-0.39, 0.29) is 12.1 Å². The highest BCUT2D eigenvalue weighted by molar-refractivity contribution is 6.08. The molecule has 6 heteroatoms. The van der Waals surface area contributed by atoms with Gasteiger partial charge in [-0.15, -0.1) is 0 Å². The van der Waals surface area contributed by atoms with Crippen LogP contribution in [0.3, 0.4) is 0 Å². The molecule has 1 unspecified atom stereocenters. The van der Waals surface area contributed by atoms with Crippen molar-refractivity contribution in [3.63, 3.8) is 0 Å². The van der Waals surface area contributed by atoms with Crippen molar-refractivity contribution in [3.8, 4) is 0 Å². The molecule has 1 aliphatic carbocycles. The number of esters is 1. The summed E-state index contributed by atoms with van der Waals surface area (Å²) in [5.41, 5.74) is -0.573. The van der Waals surface area contributed by atoms with Crippen molar-refractivity contribution in [2.75, 3.05) is 0 Å². The van der Waals surface area contributed by atoms with Crippen LogP contribution in [0.4, 0.5) is 4.79 Å². The standard InChI is InChI=1S/C14H26BNO4/c1-14(2,3)20-13(18)16-11(8-9-15)12(17)19-10-6-4-5-7-10/h10-11H,4-9,15H2,1-3H3,(H,16,18). The largest absolute Gasteiger partial charge is 0.461 e. The van der Waals surface area contributed by atoms with E-state index in [1.807, 2.05) is 7.85 Å². The molecule has 0 aromatic carbocycles. The normalized spacial score (nSPS) is 17.6. The lowest BCUT2D eigenvalue weighted by atomic mass is 9.97. The molecule has 0 bridgehead atoms. The molecule has 0 aromatic heterocycles. The predicted octanol–water partition coefficient (Wildman–Crippen LogP) is 1.81. The molecule has 5 nitrogen and oxygen atoms in total. The second-order valence-electron chi connectivity index (χ2n) is 6.33. The van der Waals surface area contributed by atoms with E-state index >= 15 is 0 Å². The number of rotatable bonds is 5. The van der Waals surface area contributed by atoms with Gasteiger partial charge in [0, 0.05) is 0 Å². The van der Waals surface area contributed by atoms with Gasteiger partial charge in [0.2, 0.25) is 0 Å². The van der Waals surface area contributed by atoms with Crippen LogP contribution in [0, 0.1) is 0 Å². The van der Waals surface area contributed by atoms with Crippen molar-refractivity contribution < 1.29 is 19.1 Å². The number of alkyl carbamates (subject to hydrolysis) is 1. The van der Waals surface area contributed by atoms with Crippen molar-refractivity contribution >= 4 is 19.9 Å². The molecule has 0 aliphatic heterocycles. The fourth-order valence-corrected chi connectivity index (χ4v) is 2.24. The number of nitrogens with one attached hydrogen (secondary N) is 1. The molecular formula is C14H26BNO4. The van der Waals surface area contributed by atoms with Crippen molar-refractivity contribution in [1.82, 2.24) is 5.32 Å². The molecule has 1 amide bonds. The van der Waals surface area contributed by atoms with E-state index < -0.39 is 17.7 Å². The van der Waals surface area contributed by atoms with Crippen LogP contribution in [-0.4, -0.2) is 37.7 Å². The van der Waals surface area contributed by atoms with Crippen molar-refractivity contribution in [2.24, 2.45) is 0 Å². The molecule has 114 valence electrons. The van der Waals surface area contributed by atoms with Gasteiger partial charge in [-0.3, -0.25) is 0 Å². The number of carbonyl (C=O) groups excluding carboxylic acids is 2. The van der Waals surface area contributed by atoms with E-state index in [0.717, 1.165) is 32.0 Å².